The molecule has 0 amide bonds. The highest BCUT2D eigenvalue weighted by Crippen LogP contribution is 2.24. The van der Waals surface area contributed by atoms with Gasteiger partial charge in [-0.05, 0) is 48.9 Å². The van der Waals surface area contributed by atoms with Gasteiger partial charge in [0.2, 0.25) is 5.89 Å². The van der Waals surface area contributed by atoms with Crippen LogP contribution in [0.2, 0.25) is 0 Å². The van der Waals surface area contributed by atoms with Gasteiger partial charge >= 0.3 is 5.97 Å². The summed E-state index contributed by atoms with van der Waals surface area (Å²) in [6.45, 7) is 2.19. The van der Waals surface area contributed by atoms with Crippen LogP contribution in [0, 0.1) is 12.7 Å². The van der Waals surface area contributed by atoms with E-state index in [-0.39, 0.29) is 19.0 Å². The number of ether oxygens (including phenoxy) is 2. The van der Waals surface area contributed by atoms with Crippen LogP contribution in [0.5, 0.6) is 11.5 Å². The van der Waals surface area contributed by atoms with E-state index in [2.05, 4.69) is 4.98 Å². The second kappa shape index (κ2) is 9.34. The zero-order valence-electron chi connectivity index (χ0n) is 17.2. The van der Waals surface area contributed by atoms with Crippen LogP contribution >= 0.6 is 0 Å². The summed E-state index contributed by atoms with van der Waals surface area (Å²) in [7, 11) is 0. The summed E-state index contributed by atoms with van der Waals surface area (Å²) in [4.78, 5) is 15.8. The molecule has 162 valence electrons. The van der Waals surface area contributed by atoms with Crippen LogP contribution in [-0.2, 0) is 13.2 Å². The van der Waals surface area contributed by atoms with Gasteiger partial charge in [-0.1, -0.05) is 36.4 Å². The molecule has 4 aromatic rings. The van der Waals surface area contributed by atoms with E-state index in [0.717, 1.165) is 17.2 Å². The Morgan fingerprint density at radius 1 is 0.969 bits per heavy atom. The summed E-state index contributed by atoms with van der Waals surface area (Å²) in [6.07, 6.45) is 0. The lowest BCUT2D eigenvalue weighted by atomic mass is 10.2. The monoisotopic (exact) mass is 433 g/mol. The molecular formula is C25H20FNO5. The average molecular weight is 433 g/mol. The van der Waals surface area contributed by atoms with Crippen molar-refractivity contribution in [2.24, 2.45) is 0 Å². The molecule has 0 unspecified atom stereocenters. The van der Waals surface area contributed by atoms with Crippen LogP contribution in [0.25, 0.3) is 11.5 Å². The van der Waals surface area contributed by atoms with E-state index in [1.54, 1.807) is 24.3 Å². The highest BCUT2D eigenvalue weighted by atomic mass is 19.1. The first kappa shape index (κ1) is 21.1. The molecule has 3 aromatic carbocycles. The van der Waals surface area contributed by atoms with Crippen molar-refractivity contribution in [1.82, 2.24) is 4.98 Å². The number of aromatic nitrogens is 1. The number of aryl methyl sites for hydroxylation is 1. The van der Waals surface area contributed by atoms with Crippen LogP contribution in [0.4, 0.5) is 4.39 Å². The topological polar surface area (TPSA) is 81.8 Å². The third-order valence-corrected chi connectivity index (χ3v) is 4.80. The molecule has 0 aliphatic rings. The molecule has 0 aliphatic heterocycles. The molecule has 0 saturated heterocycles. The average Bonchev–Trinajstić information content (AvgIpc) is 3.18. The summed E-state index contributed by atoms with van der Waals surface area (Å²) in [6, 6.07) is 20.7. The highest BCUT2D eigenvalue weighted by Gasteiger charge is 2.17. The van der Waals surface area contributed by atoms with Gasteiger partial charge in [-0.15, -0.1) is 0 Å². The number of benzene rings is 3. The summed E-state index contributed by atoms with van der Waals surface area (Å²) in [5, 5.41) is 9.17. The van der Waals surface area contributed by atoms with Gasteiger partial charge in [0.25, 0.3) is 0 Å². The van der Waals surface area contributed by atoms with Gasteiger partial charge in [0.15, 0.2) is 0 Å². The summed E-state index contributed by atoms with van der Waals surface area (Å²) in [5.74, 6) is -0.355. The standard InChI is InChI=1S/C25H20FNO5/c1-16-21(27-24(32-16)18-6-3-2-4-7-18)15-30-19-12-10-17(11-13-19)14-31-22-9-5-8-20(26)23(22)25(28)29/h2-13H,14-15H2,1H3,(H,28,29). The Bertz CT molecular complexity index is 1220. The van der Waals surface area contributed by atoms with Gasteiger partial charge in [-0.2, -0.15) is 0 Å². The number of halogens is 1. The molecule has 1 aromatic heterocycles. The van der Waals surface area contributed by atoms with Crippen molar-refractivity contribution in [2.75, 3.05) is 0 Å². The van der Waals surface area contributed by atoms with Crippen molar-refractivity contribution in [1.29, 1.82) is 0 Å². The number of carbonyl (C=O) groups is 1. The molecule has 32 heavy (non-hydrogen) atoms. The normalized spacial score (nSPS) is 10.7. The van der Waals surface area contributed by atoms with Crippen LogP contribution < -0.4 is 9.47 Å². The maximum absolute atomic E-state index is 13.7. The number of hydrogen-bond donors (Lipinski definition) is 1. The molecule has 0 atom stereocenters. The molecule has 0 radical (unpaired) electrons. The molecule has 0 spiro atoms. The van der Waals surface area contributed by atoms with Crippen LogP contribution in [0.15, 0.2) is 77.2 Å². The summed E-state index contributed by atoms with van der Waals surface area (Å²) < 4.78 is 30.8. The number of aromatic carboxylic acids is 1. The fourth-order valence-corrected chi connectivity index (χ4v) is 3.09. The third-order valence-electron chi connectivity index (χ3n) is 4.80. The maximum atomic E-state index is 13.7. The molecule has 1 heterocycles. The fourth-order valence-electron chi connectivity index (χ4n) is 3.09. The SMILES string of the molecule is Cc1oc(-c2ccccc2)nc1COc1ccc(COc2cccc(F)c2C(=O)O)cc1. The molecule has 6 nitrogen and oxygen atoms in total. The fraction of sp³-hybridized carbons (Fsp3) is 0.120. The summed E-state index contributed by atoms with van der Waals surface area (Å²) >= 11 is 0. The Morgan fingerprint density at radius 2 is 1.72 bits per heavy atom. The van der Waals surface area contributed by atoms with Gasteiger partial charge in [0.1, 0.15) is 47.5 Å². The Labute approximate surface area is 183 Å². The lowest BCUT2D eigenvalue weighted by molar-refractivity contribution is 0.0686. The van der Waals surface area contributed by atoms with Crippen molar-refractivity contribution in [3.63, 3.8) is 0 Å². The van der Waals surface area contributed by atoms with Crippen LogP contribution in [0.1, 0.15) is 27.4 Å². The molecule has 0 aliphatic carbocycles. The van der Waals surface area contributed by atoms with Crippen LogP contribution in [0.3, 0.4) is 0 Å². The second-order valence-corrected chi connectivity index (χ2v) is 7.03. The van der Waals surface area contributed by atoms with E-state index in [4.69, 9.17) is 13.9 Å². The largest absolute Gasteiger partial charge is 0.488 e. The number of hydrogen-bond acceptors (Lipinski definition) is 5. The first-order valence-electron chi connectivity index (χ1n) is 9.89. The molecular weight excluding hydrogens is 413 g/mol. The van der Waals surface area contributed by atoms with E-state index in [0.29, 0.717) is 23.1 Å². The van der Waals surface area contributed by atoms with Gasteiger partial charge < -0.3 is 19.0 Å². The first-order chi connectivity index (χ1) is 15.5. The highest BCUT2D eigenvalue weighted by molar-refractivity contribution is 5.91. The quantitative estimate of drug-likeness (QED) is 0.387. The van der Waals surface area contributed by atoms with Gasteiger partial charge in [-0.25, -0.2) is 14.2 Å². The number of carboxylic acids is 1. The lowest BCUT2D eigenvalue weighted by Crippen LogP contribution is -2.06. The predicted octanol–water partition coefficient (Wildman–Crippen LogP) is 5.65. The van der Waals surface area contributed by atoms with E-state index in [1.165, 1.54) is 12.1 Å². The summed E-state index contributed by atoms with van der Waals surface area (Å²) in [5.41, 5.74) is 1.91. The Hall–Kier alpha value is -4.13. The Balaban J connectivity index is 1.37. The smallest absolute Gasteiger partial charge is 0.342 e. The zero-order valence-corrected chi connectivity index (χ0v) is 17.2. The number of oxazole rings is 1. The minimum absolute atomic E-state index is 0.0199. The molecule has 7 heteroatoms. The minimum Gasteiger partial charge on any atom is -0.488 e. The molecule has 0 fully saturated rings. The van der Waals surface area contributed by atoms with Gasteiger partial charge in [0, 0.05) is 5.56 Å². The van der Waals surface area contributed by atoms with Gasteiger partial charge in [-0.3, -0.25) is 0 Å². The van der Waals surface area contributed by atoms with Crippen molar-refractivity contribution in [2.45, 2.75) is 20.1 Å². The Morgan fingerprint density at radius 3 is 2.44 bits per heavy atom. The van der Waals surface area contributed by atoms with E-state index in [1.807, 2.05) is 37.3 Å². The van der Waals surface area contributed by atoms with Crippen molar-refractivity contribution in [3.8, 4) is 23.0 Å². The number of nitrogens with zero attached hydrogens (tertiary/aromatic N) is 1. The third kappa shape index (κ3) is 4.78. The molecule has 1 N–H and O–H groups in total. The van der Waals surface area contributed by atoms with Crippen molar-refractivity contribution < 1.29 is 28.2 Å². The van der Waals surface area contributed by atoms with Crippen LogP contribution in [-0.4, -0.2) is 16.1 Å². The van der Waals surface area contributed by atoms with Gasteiger partial charge in [0.05, 0.1) is 0 Å². The Kier molecular flexibility index (Phi) is 6.17. The molecule has 0 bridgehead atoms. The van der Waals surface area contributed by atoms with E-state index < -0.39 is 17.3 Å². The minimum atomic E-state index is -1.37. The van der Waals surface area contributed by atoms with Crippen molar-refractivity contribution in [3.05, 3.63) is 101 Å². The van der Waals surface area contributed by atoms with E-state index in [9.17, 15) is 14.3 Å². The second-order valence-electron chi connectivity index (χ2n) is 7.03. The molecule has 4 rings (SSSR count). The lowest BCUT2D eigenvalue weighted by Gasteiger charge is -2.10. The molecule has 0 saturated carbocycles. The number of rotatable bonds is 8. The zero-order chi connectivity index (χ0) is 22.5. The van der Waals surface area contributed by atoms with E-state index >= 15 is 0 Å². The van der Waals surface area contributed by atoms with Crippen molar-refractivity contribution >= 4 is 5.97 Å². The maximum Gasteiger partial charge on any atom is 0.342 e. The first-order valence-corrected chi connectivity index (χ1v) is 9.89. The predicted molar refractivity (Wildman–Crippen MR) is 115 cm³/mol. The number of carboxylic acid groups (broad SMARTS) is 1.